The third-order valence-corrected chi connectivity index (χ3v) is 2.47. The van der Waals surface area contributed by atoms with Crippen molar-refractivity contribution in [3.05, 3.63) is 29.0 Å². The van der Waals surface area contributed by atoms with Gasteiger partial charge in [-0.05, 0) is 23.4 Å². The predicted molar refractivity (Wildman–Crippen MR) is 67.9 cm³/mol. The number of carbonyl (C=O) groups excluding carboxylic acids is 1. The number of rotatable bonds is 3. The van der Waals surface area contributed by atoms with Gasteiger partial charge in [0.1, 0.15) is 0 Å². The molecule has 2 N–H and O–H groups in total. The molecule has 0 aliphatic heterocycles. The second kappa shape index (κ2) is 5.01. The average Bonchev–Trinajstić information content (AvgIpc) is 2.81. The molecule has 0 saturated carbocycles. The molecule has 0 atom stereocenters. The lowest BCUT2D eigenvalue weighted by Crippen LogP contribution is -2.17. The van der Waals surface area contributed by atoms with E-state index in [0.29, 0.717) is 10.7 Å². The van der Waals surface area contributed by atoms with Crippen LogP contribution in [0.15, 0.2) is 18.2 Å². The highest BCUT2D eigenvalue weighted by Crippen LogP contribution is 2.27. The Kier molecular flexibility index (Phi) is 3.42. The van der Waals surface area contributed by atoms with Gasteiger partial charge in [0.15, 0.2) is 0 Å². The molecule has 8 heteroatoms. The normalized spacial score (nSPS) is 10.2. The van der Waals surface area contributed by atoms with Crippen molar-refractivity contribution in [1.82, 2.24) is 20.6 Å². The molecule has 1 aromatic carbocycles. The molecule has 94 valence electrons. The predicted octanol–water partition coefficient (Wildman–Crippen LogP) is 1.17. The summed E-state index contributed by atoms with van der Waals surface area (Å²) in [6, 6.07) is 5.23. The summed E-state index contributed by atoms with van der Waals surface area (Å²) < 4.78 is 0. The van der Waals surface area contributed by atoms with Crippen LogP contribution >= 0.6 is 11.6 Å². The molecule has 0 aliphatic carbocycles. The van der Waals surface area contributed by atoms with Crippen molar-refractivity contribution in [2.75, 3.05) is 24.3 Å². The molecule has 1 aromatic heterocycles. The van der Waals surface area contributed by atoms with E-state index >= 15 is 0 Å². The van der Waals surface area contributed by atoms with Crippen molar-refractivity contribution < 1.29 is 4.79 Å². The summed E-state index contributed by atoms with van der Waals surface area (Å²) in [5.41, 5.74) is 1.42. The van der Waals surface area contributed by atoms with E-state index in [0.717, 1.165) is 5.69 Å². The van der Waals surface area contributed by atoms with E-state index in [1.165, 1.54) is 0 Å². The van der Waals surface area contributed by atoms with E-state index in [2.05, 4.69) is 25.9 Å². The van der Waals surface area contributed by atoms with Gasteiger partial charge < -0.3 is 10.2 Å². The van der Waals surface area contributed by atoms with Crippen LogP contribution in [-0.4, -0.2) is 40.6 Å². The fourth-order valence-electron chi connectivity index (χ4n) is 1.43. The van der Waals surface area contributed by atoms with Crippen LogP contribution in [0.4, 0.5) is 11.4 Å². The number of anilines is 2. The van der Waals surface area contributed by atoms with E-state index in [4.69, 9.17) is 11.6 Å². The van der Waals surface area contributed by atoms with Gasteiger partial charge >= 0.3 is 0 Å². The first-order valence-corrected chi connectivity index (χ1v) is 5.47. The first-order valence-electron chi connectivity index (χ1n) is 5.09. The molecule has 2 rings (SSSR count). The molecule has 0 bridgehead atoms. The van der Waals surface area contributed by atoms with Crippen LogP contribution in [0.5, 0.6) is 0 Å². The number of carbonyl (C=O) groups is 1. The number of aromatic amines is 1. The van der Waals surface area contributed by atoms with Crippen molar-refractivity contribution in [3.63, 3.8) is 0 Å². The van der Waals surface area contributed by atoms with E-state index in [1.807, 2.05) is 25.1 Å². The van der Waals surface area contributed by atoms with E-state index in [1.54, 1.807) is 12.1 Å². The van der Waals surface area contributed by atoms with Gasteiger partial charge in [-0.3, -0.25) is 4.79 Å². The van der Waals surface area contributed by atoms with Crippen LogP contribution in [0.3, 0.4) is 0 Å². The number of halogens is 1. The second-order valence-electron chi connectivity index (χ2n) is 3.75. The van der Waals surface area contributed by atoms with Gasteiger partial charge in [-0.15, -0.1) is 10.2 Å². The zero-order valence-electron chi connectivity index (χ0n) is 9.81. The SMILES string of the molecule is CN(C)c1ccc(Cl)cc1NC(=O)c1nn[nH]n1. The summed E-state index contributed by atoms with van der Waals surface area (Å²) in [5.74, 6) is -0.478. The minimum absolute atomic E-state index is 0.0281. The highest BCUT2D eigenvalue weighted by atomic mass is 35.5. The molecule has 1 amide bonds. The summed E-state index contributed by atoms with van der Waals surface area (Å²) >= 11 is 5.91. The Balaban J connectivity index is 2.28. The first kappa shape index (κ1) is 12.3. The number of aromatic nitrogens is 4. The quantitative estimate of drug-likeness (QED) is 0.871. The number of tetrazole rings is 1. The lowest BCUT2D eigenvalue weighted by Gasteiger charge is -2.17. The molecule has 0 unspecified atom stereocenters. The maximum Gasteiger partial charge on any atom is 0.297 e. The molecule has 7 nitrogen and oxygen atoms in total. The number of hydrogen-bond donors (Lipinski definition) is 2. The van der Waals surface area contributed by atoms with Crippen molar-refractivity contribution in [2.24, 2.45) is 0 Å². The van der Waals surface area contributed by atoms with Crippen molar-refractivity contribution in [3.8, 4) is 0 Å². The molecule has 0 saturated heterocycles. The summed E-state index contributed by atoms with van der Waals surface area (Å²) in [6.07, 6.45) is 0. The Bertz CT molecular complexity index is 554. The number of H-pyrrole nitrogens is 1. The first-order chi connectivity index (χ1) is 8.58. The van der Waals surface area contributed by atoms with Crippen molar-refractivity contribution in [1.29, 1.82) is 0 Å². The van der Waals surface area contributed by atoms with Crippen LogP contribution in [0.25, 0.3) is 0 Å². The summed E-state index contributed by atoms with van der Waals surface area (Å²) in [7, 11) is 3.74. The van der Waals surface area contributed by atoms with Crippen LogP contribution in [-0.2, 0) is 0 Å². The maximum absolute atomic E-state index is 11.8. The van der Waals surface area contributed by atoms with Crippen LogP contribution in [0.2, 0.25) is 5.02 Å². The highest BCUT2D eigenvalue weighted by Gasteiger charge is 2.14. The van der Waals surface area contributed by atoms with Crippen molar-refractivity contribution in [2.45, 2.75) is 0 Å². The molecule has 18 heavy (non-hydrogen) atoms. The molecule has 0 spiro atoms. The number of hydrogen-bond acceptors (Lipinski definition) is 5. The van der Waals surface area contributed by atoms with Gasteiger partial charge in [0, 0.05) is 19.1 Å². The fourth-order valence-corrected chi connectivity index (χ4v) is 1.61. The molecule has 0 aliphatic rings. The third-order valence-electron chi connectivity index (χ3n) is 2.24. The molecule has 2 aromatic rings. The lowest BCUT2D eigenvalue weighted by atomic mass is 10.2. The summed E-state index contributed by atoms with van der Waals surface area (Å²) in [6.45, 7) is 0. The lowest BCUT2D eigenvalue weighted by molar-refractivity contribution is 0.101. The smallest absolute Gasteiger partial charge is 0.297 e. The average molecular weight is 267 g/mol. The molecule has 1 heterocycles. The van der Waals surface area contributed by atoms with E-state index < -0.39 is 5.91 Å². The fraction of sp³-hybridized carbons (Fsp3) is 0.200. The van der Waals surface area contributed by atoms with E-state index in [9.17, 15) is 4.79 Å². The van der Waals surface area contributed by atoms with E-state index in [-0.39, 0.29) is 5.82 Å². The Morgan fingerprint density at radius 3 is 2.83 bits per heavy atom. The number of nitrogens with one attached hydrogen (secondary N) is 2. The second-order valence-corrected chi connectivity index (χ2v) is 4.18. The van der Waals surface area contributed by atoms with Crippen LogP contribution in [0, 0.1) is 0 Å². The zero-order valence-corrected chi connectivity index (χ0v) is 10.6. The highest BCUT2D eigenvalue weighted by molar-refractivity contribution is 6.31. The molecular formula is C10H11ClN6O. The molecule has 0 radical (unpaired) electrons. The van der Waals surface area contributed by atoms with Crippen LogP contribution in [0.1, 0.15) is 10.6 Å². The molecular weight excluding hydrogens is 256 g/mol. The Labute approximate surface area is 108 Å². The van der Waals surface area contributed by atoms with Gasteiger partial charge in [0.2, 0.25) is 0 Å². The summed E-state index contributed by atoms with van der Waals surface area (Å²) in [4.78, 5) is 13.7. The standard InChI is InChI=1S/C10H11ClN6O/c1-17(2)8-4-3-6(11)5-7(8)12-10(18)9-13-15-16-14-9/h3-5H,1-2H3,(H,12,18)(H,13,14,15,16). The Morgan fingerprint density at radius 1 is 1.44 bits per heavy atom. The number of amides is 1. The van der Waals surface area contributed by atoms with Crippen molar-refractivity contribution >= 4 is 28.9 Å². The monoisotopic (exact) mass is 266 g/mol. The maximum atomic E-state index is 11.8. The topological polar surface area (TPSA) is 86.8 Å². The molecule has 0 fully saturated rings. The van der Waals surface area contributed by atoms with Gasteiger partial charge in [0.25, 0.3) is 11.7 Å². The minimum Gasteiger partial charge on any atom is -0.376 e. The number of benzene rings is 1. The largest absolute Gasteiger partial charge is 0.376 e. The van der Waals surface area contributed by atoms with Gasteiger partial charge in [-0.2, -0.15) is 5.21 Å². The van der Waals surface area contributed by atoms with Gasteiger partial charge in [-0.1, -0.05) is 11.6 Å². The Morgan fingerprint density at radius 2 is 2.22 bits per heavy atom. The van der Waals surface area contributed by atoms with Gasteiger partial charge in [-0.25, -0.2) is 0 Å². The minimum atomic E-state index is -0.450. The number of nitrogens with zero attached hydrogens (tertiary/aromatic N) is 4. The zero-order chi connectivity index (χ0) is 13.1. The Hall–Kier alpha value is -2.15. The third kappa shape index (κ3) is 2.57. The van der Waals surface area contributed by atoms with Gasteiger partial charge in [0.05, 0.1) is 11.4 Å². The van der Waals surface area contributed by atoms with Crippen LogP contribution < -0.4 is 10.2 Å². The summed E-state index contributed by atoms with van der Waals surface area (Å²) in [5, 5.41) is 16.0.